The average Bonchev–Trinajstić information content (AvgIpc) is 2.23. The van der Waals surface area contributed by atoms with Crippen LogP contribution in [0.4, 0.5) is 0 Å². The van der Waals surface area contributed by atoms with Crippen LogP contribution in [0.5, 0.6) is 0 Å². The highest BCUT2D eigenvalue weighted by molar-refractivity contribution is 6.05. The molecule has 82 valence electrons. The largest absolute Gasteiger partial charge is 0.458 e. The summed E-state index contributed by atoms with van der Waals surface area (Å²) in [4.78, 5) is 23.4. The summed E-state index contributed by atoms with van der Waals surface area (Å²) in [5, 5.41) is 0. The van der Waals surface area contributed by atoms with E-state index in [4.69, 9.17) is 9.47 Å². The summed E-state index contributed by atoms with van der Waals surface area (Å²) < 4.78 is 9.97. The molecule has 0 spiro atoms. The number of aryl methyl sites for hydroxylation is 1. The smallest absolute Gasteiger partial charge is 0.339 e. The highest BCUT2D eigenvalue weighted by atomic mass is 16.6. The molecule has 4 nitrogen and oxygen atoms in total. The van der Waals surface area contributed by atoms with Crippen LogP contribution >= 0.6 is 0 Å². The fraction of sp³-hybridized carbons (Fsp3) is 0.333. The Morgan fingerprint density at radius 1 is 0.938 bits per heavy atom. The van der Waals surface area contributed by atoms with Crippen LogP contribution in [0.15, 0.2) is 12.1 Å². The van der Waals surface area contributed by atoms with Gasteiger partial charge in [0.15, 0.2) is 0 Å². The number of hydrogen-bond donors (Lipinski definition) is 0. The molecule has 0 saturated heterocycles. The number of carbonyl (C=O) groups is 2. The lowest BCUT2D eigenvalue weighted by Crippen LogP contribution is -2.26. The fourth-order valence-corrected chi connectivity index (χ4v) is 2.12. The number of benzene rings is 1. The average molecular weight is 218 g/mol. The van der Waals surface area contributed by atoms with Gasteiger partial charge in [-0.25, -0.2) is 9.59 Å². The van der Waals surface area contributed by atoms with Gasteiger partial charge < -0.3 is 9.47 Å². The molecule has 0 radical (unpaired) electrons. The standard InChI is InChI=1S/C12H10O4/c13-11-9-4-2-7-1-3-8(7)10(9)12(14)16-6-5-15-11/h2,4H,1,3,5-6H2. The second-order valence-corrected chi connectivity index (χ2v) is 3.90. The van der Waals surface area contributed by atoms with Crippen molar-refractivity contribution in [2.75, 3.05) is 13.2 Å². The van der Waals surface area contributed by atoms with E-state index in [1.54, 1.807) is 6.07 Å². The van der Waals surface area contributed by atoms with Gasteiger partial charge in [0.05, 0.1) is 11.1 Å². The van der Waals surface area contributed by atoms with Gasteiger partial charge in [-0.2, -0.15) is 0 Å². The molecule has 0 aromatic heterocycles. The molecule has 0 N–H and O–H groups in total. The molecule has 1 aliphatic carbocycles. The van der Waals surface area contributed by atoms with Gasteiger partial charge in [0.2, 0.25) is 0 Å². The van der Waals surface area contributed by atoms with Crippen LogP contribution < -0.4 is 0 Å². The lowest BCUT2D eigenvalue weighted by atomic mass is 9.82. The predicted octanol–water partition coefficient (Wildman–Crippen LogP) is 1.11. The fourth-order valence-electron chi connectivity index (χ4n) is 2.12. The first kappa shape index (κ1) is 9.39. The molecule has 0 atom stereocenters. The number of rotatable bonds is 0. The summed E-state index contributed by atoms with van der Waals surface area (Å²) in [6.45, 7) is 0.259. The Hall–Kier alpha value is -1.84. The molecule has 4 heteroatoms. The van der Waals surface area contributed by atoms with Crippen molar-refractivity contribution in [3.8, 4) is 0 Å². The van der Waals surface area contributed by atoms with Crippen molar-refractivity contribution >= 4 is 11.9 Å². The first-order valence-electron chi connectivity index (χ1n) is 5.26. The third-order valence-electron chi connectivity index (χ3n) is 3.03. The molecule has 3 rings (SSSR count). The van der Waals surface area contributed by atoms with Gasteiger partial charge in [0, 0.05) is 0 Å². The van der Waals surface area contributed by atoms with E-state index in [1.165, 1.54) is 0 Å². The number of ether oxygens (including phenoxy) is 2. The van der Waals surface area contributed by atoms with E-state index in [0.717, 1.165) is 24.0 Å². The third kappa shape index (κ3) is 1.23. The molecule has 0 bridgehead atoms. The van der Waals surface area contributed by atoms with E-state index >= 15 is 0 Å². The molecule has 0 amide bonds. The highest BCUT2D eigenvalue weighted by Crippen LogP contribution is 2.30. The van der Waals surface area contributed by atoms with Crippen molar-refractivity contribution in [3.05, 3.63) is 34.4 Å². The summed E-state index contributed by atoms with van der Waals surface area (Å²) in [5.74, 6) is -0.829. The van der Waals surface area contributed by atoms with Gasteiger partial charge in [-0.15, -0.1) is 0 Å². The molecule has 0 fully saturated rings. The number of fused-ring (bicyclic) bond motifs is 3. The molecule has 16 heavy (non-hydrogen) atoms. The maximum Gasteiger partial charge on any atom is 0.339 e. The molecule has 1 aliphatic heterocycles. The summed E-state index contributed by atoms with van der Waals surface area (Å²) >= 11 is 0. The number of cyclic esters (lactones) is 2. The lowest BCUT2D eigenvalue weighted by molar-refractivity contribution is 0.0223. The maximum absolute atomic E-state index is 11.8. The molecular formula is C12H10O4. The Kier molecular flexibility index (Phi) is 1.96. The topological polar surface area (TPSA) is 52.6 Å². The molecule has 1 aromatic carbocycles. The van der Waals surface area contributed by atoms with Crippen LogP contribution in [-0.2, 0) is 22.3 Å². The quantitative estimate of drug-likeness (QED) is 0.612. The van der Waals surface area contributed by atoms with Crippen molar-refractivity contribution in [2.45, 2.75) is 12.8 Å². The minimum absolute atomic E-state index is 0.126. The Morgan fingerprint density at radius 2 is 1.69 bits per heavy atom. The molecule has 2 aliphatic rings. The minimum Gasteiger partial charge on any atom is -0.458 e. The van der Waals surface area contributed by atoms with E-state index in [9.17, 15) is 9.59 Å². The normalized spacial score (nSPS) is 18.2. The van der Waals surface area contributed by atoms with Crippen LogP contribution in [0.3, 0.4) is 0 Å². The Balaban J connectivity index is 2.19. The predicted molar refractivity (Wildman–Crippen MR) is 54.4 cm³/mol. The summed E-state index contributed by atoms with van der Waals surface area (Å²) in [7, 11) is 0. The van der Waals surface area contributed by atoms with E-state index in [2.05, 4.69) is 0 Å². The van der Waals surface area contributed by atoms with Crippen molar-refractivity contribution in [1.29, 1.82) is 0 Å². The second kappa shape index (κ2) is 3.33. The zero-order valence-electron chi connectivity index (χ0n) is 8.62. The number of hydrogen-bond acceptors (Lipinski definition) is 4. The Morgan fingerprint density at radius 3 is 2.38 bits per heavy atom. The van der Waals surface area contributed by atoms with Crippen LogP contribution in [-0.4, -0.2) is 25.2 Å². The molecule has 0 unspecified atom stereocenters. The van der Waals surface area contributed by atoms with Crippen molar-refractivity contribution in [3.63, 3.8) is 0 Å². The first-order valence-corrected chi connectivity index (χ1v) is 5.26. The van der Waals surface area contributed by atoms with Crippen molar-refractivity contribution < 1.29 is 19.1 Å². The number of carbonyl (C=O) groups excluding carboxylic acids is 2. The summed E-state index contributed by atoms with van der Waals surface area (Å²) in [5.41, 5.74) is 2.82. The lowest BCUT2D eigenvalue weighted by Gasteiger charge is -2.24. The van der Waals surface area contributed by atoms with Crippen LogP contribution in [0.2, 0.25) is 0 Å². The Labute approximate surface area is 92.2 Å². The van der Waals surface area contributed by atoms with Crippen molar-refractivity contribution in [1.82, 2.24) is 0 Å². The third-order valence-corrected chi connectivity index (χ3v) is 3.03. The number of esters is 2. The Bertz CT molecular complexity index is 490. The van der Waals surface area contributed by atoms with Gasteiger partial charge in [-0.1, -0.05) is 6.07 Å². The maximum atomic E-state index is 11.8. The van der Waals surface area contributed by atoms with E-state index in [0.29, 0.717) is 11.1 Å². The molecule has 0 saturated carbocycles. The van der Waals surface area contributed by atoms with Crippen LogP contribution in [0.25, 0.3) is 0 Å². The minimum atomic E-state index is -0.429. The van der Waals surface area contributed by atoms with Gasteiger partial charge in [0.1, 0.15) is 13.2 Å². The molecule has 1 heterocycles. The summed E-state index contributed by atoms with van der Waals surface area (Å²) in [6, 6.07) is 3.54. The van der Waals surface area contributed by atoms with Gasteiger partial charge >= 0.3 is 11.9 Å². The SMILES string of the molecule is O=C1OCCOC(=O)c2c1ccc1c2CC1. The molecule has 1 aromatic rings. The van der Waals surface area contributed by atoms with Crippen LogP contribution in [0, 0.1) is 0 Å². The van der Waals surface area contributed by atoms with Gasteiger partial charge in [-0.05, 0) is 30.0 Å². The zero-order valence-corrected chi connectivity index (χ0v) is 8.62. The first-order chi connectivity index (χ1) is 7.77. The monoisotopic (exact) mass is 218 g/mol. The molecular weight excluding hydrogens is 208 g/mol. The zero-order chi connectivity index (χ0) is 11.1. The van der Waals surface area contributed by atoms with Gasteiger partial charge in [0.25, 0.3) is 0 Å². The highest BCUT2D eigenvalue weighted by Gasteiger charge is 2.29. The van der Waals surface area contributed by atoms with Crippen LogP contribution in [0.1, 0.15) is 31.8 Å². The van der Waals surface area contributed by atoms with Gasteiger partial charge in [-0.3, -0.25) is 0 Å². The van der Waals surface area contributed by atoms with E-state index in [1.807, 2.05) is 6.07 Å². The second-order valence-electron chi connectivity index (χ2n) is 3.90. The van der Waals surface area contributed by atoms with E-state index in [-0.39, 0.29) is 13.2 Å². The van der Waals surface area contributed by atoms with Crippen molar-refractivity contribution in [2.24, 2.45) is 0 Å². The summed E-state index contributed by atoms with van der Waals surface area (Å²) in [6.07, 6.45) is 1.80. The van der Waals surface area contributed by atoms with E-state index < -0.39 is 11.9 Å².